The molecule has 1 aliphatic heterocycles. The molecular formula is C20H22N2O2. The lowest BCUT2D eigenvalue weighted by Crippen LogP contribution is -2.36. The zero-order valence-corrected chi connectivity index (χ0v) is 13.9. The summed E-state index contributed by atoms with van der Waals surface area (Å²) in [5, 5.41) is 3.24. The molecule has 4 nitrogen and oxygen atoms in total. The first-order chi connectivity index (χ1) is 11.6. The molecule has 0 saturated heterocycles. The van der Waals surface area contributed by atoms with Crippen molar-refractivity contribution < 1.29 is 9.59 Å². The van der Waals surface area contributed by atoms with Gasteiger partial charge in [-0.3, -0.25) is 9.59 Å². The minimum absolute atomic E-state index is 0.0575. The summed E-state index contributed by atoms with van der Waals surface area (Å²) in [6, 6.07) is 15.7. The fourth-order valence-electron chi connectivity index (χ4n) is 3.00. The molecule has 0 atom stereocenters. The Morgan fingerprint density at radius 2 is 1.75 bits per heavy atom. The third-order valence-corrected chi connectivity index (χ3v) is 4.44. The zero-order valence-electron chi connectivity index (χ0n) is 13.9. The van der Waals surface area contributed by atoms with Crippen molar-refractivity contribution in [2.24, 2.45) is 0 Å². The molecule has 1 amide bonds. The molecule has 1 heterocycles. The van der Waals surface area contributed by atoms with Gasteiger partial charge < -0.3 is 10.2 Å². The summed E-state index contributed by atoms with van der Waals surface area (Å²) < 4.78 is 0. The monoisotopic (exact) mass is 322 g/mol. The van der Waals surface area contributed by atoms with Gasteiger partial charge in [-0.2, -0.15) is 0 Å². The molecule has 0 radical (unpaired) electrons. The summed E-state index contributed by atoms with van der Waals surface area (Å²) in [5.41, 5.74) is 4.23. The molecule has 4 heteroatoms. The number of Topliss-reactive ketones (excluding diaryl/α,β-unsaturated/α-hetero) is 1. The fourth-order valence-corrected chi connectivity index (χ4v) is 3.00. The predicted molar refractivity (Wildman–Crippen MR) is 95.1 cm³/mol. The number of carbonyl (C=O) groups excluding carboxylic acids is 2. The van der Waals surface area contributed by atoms with Crippen molar-refractivity contribution in [3.63, 3.8) is 0 Å². The molecule has 0 aliphatic carbocycles. The second-order valence-electron chi connectivity index (χ2n) is 6.14. The maximum absolute atomic E-state index is 12.4. The van der Waals surface area contributed by atoms with Crippen LogP contribution in [0.1, 0.15) is 34.8 Å². The Labute approximate surface area is 142 Å². The lowest BCUT2D eigenvalue weighted by molar-refractivity contribution is -0.131. The Morgan fingerprint density at radius 1 is 1.04 bits per heavy atom. The second-order valence-corrected chi connectivity index (χ2v) is 6.14. The van der Waals surface area contributed by atoms with Crippen LogP contribution in [0.4, 0.5) is 5.69 Å². The summed E-state index contributed by atoms with van der Waals surface area (Å²) in [4.78, 5) is 25.6. The number of hydrogen-bond acceptors (Lipinski definition) is 3. The van der Waals surface area contributed by atoms with Crippen molar-refractivity contribution in [1.82, 2.24) is 4.90 Å². The summed E-state index contributed by atoms with van der Waals surface area (Å²) in [7, 11) is 0. The van der Waals surface area contributed by atoms with Crippen LogP contribution in [-0.4, -0.2) is 29.7 Å². The molecule has 0 unspecified atom stereocenters. The van der Waals surface area contributed by atoms with E-state index in [2.05, 4.69) is 23.5 Å². The molecule has 0 fully saturated rings. The summed E-state index contributed by atoms with van der Waals surface area (Å²) in [6.45, 7) is 3.65. The Hall–Kier alpha value is -2.62. The number of nitrogens with zero attached hydrogens (tertiary/aromatic N) is 1. The lowest BCUT2D eigenvalue weighted by atomic mass is 10.00. The smallest absolute Gasteiger partial charge is 0.224 e. The fraction of sp³-hybridized carbons (Fsp3) is 0.300. The SMILES string of the molecule is CC(=O)c1ccc(NCCC(=O)N2CCc3ccccc3C2)cc1. The minimum atomic E-state index is 0.0575. The van der Waals surface area contributed by atoms with E-state index in [-0.39, 0.29) is 11.7 Å². The van der Waals surface area contributed by atoms with Gasteiger partial charge in [0, 0.05) is 37.3 Å². The van der Waals surface area contributed by atoms with Crippen LogP contribution in [-0.2, 0) is 17.8 Å². The largest absolute Gasteiger partial charge is 0.385 e. The molecule has 0 aromatic heterocycles. The number of nitrogens with one attached hydrogen (secondary N) is 1. The van der Waals surface area contributed by atoms with Gasteiger partial charge in [-0.1, -0.05) is 24.3 Å². The van der Waals surface area contributed by atoms with E-state index in [1.807, 2.05) is 23.1 Å². The van der Waals surface area contributed by atoms with Crippen LogP contribution in [0.25, 0.3) is 0 Å². The Morgan fingerprint density at radius 3 is 2.46 bits per heavy atom. The van der Waals surface area contributed by atoms with E-state index in [1.165, 1.54) is 11.1 Å². The Kier molecular flexibility index (Phi) is 4.94. The number of ketones is 1. The van der Waals surface area contributed by atoms with Crippen molar-refractivity contribution in [2.45, 2.75) is 26.3 Å². The number of amides is 1. The average molecular weight is 322 g/mol. The van der Waals surface area contributed by atoms with Crippen molar-refractivity contribution >= 4 is 17.4 Å². The quantitative estimate of drug-likeness (QED) is 0.860. The van der Waals surface area contributed by atoms with Gasteiger partial charge in [0.15, 0.2) is 5.78 Å². The van der Waals surface area contributed by atoms with Crippen LogP contribution in [0, 0.1) is 0 Å². The van der Waals surface area contributed by atoms with Crippen LogP contribution < -0.4 is 5.32 Å². The number of rotatable bonds is 5. The molecule has 1 aliphatic rings. The third-order valence-electron chi connectivity index (χ3n) is 4.44. The van der Waals surface area contributed by atoms with Crippen molar-refractivity contribution in [1.29, 1.82) is 0 Å². The average Bonchev–Trinajstić information content (AvgIpc) is 2.61. The summed E-state index contributed by atoms with van der Waals surface area (Å²) >= 11 is 0. The third kappa shape index (κ3) is 3.82. The first kappa shape index (κ1) is 16.2. The molecule has 24 heavy (non-hydrogen) atoms. The van der Waals surface area contributed by atoms with E-state index >= 15 is 0 Å². The highest BCUT2D eigenvalue weighted by molar-refractivity contribution is 5.94. The topological polar surface area (TPSA) is 49.4 Å². The van der Waals surface area contributed by atoms with Gasteiger partial charge in [-0.25, -0.2) is 0 Å². The van der Waals surface area contributed by atoms with Crippen molar-refractivity contribution in [3.8, 4) is 0 Å². The molecule has 2 aromatic carbocycles. The first-order valence-corrected chi connectivity index (χ1v) is 8.33. The zero-order chi connectivity index (χ0) is 16.9. The molecule has 3 rings (SSSR count). The van der Waals surface area contributed by atoms with Crippen molar-refractivity contribution in [3.05, 3.63) is 65.2 Å². The second kappa shape index (κ2) is 7.30. The van der Waals surface area contributed by atoms with Gasteiger partial charge in [-0.15, -0.1) is 0 Å². The number of carbonyl (C=O) groups is 2. The number of fused-ring (bicyclic) bond motifs is 1. The van der Waals surface area contributed by atoms with Gasteiger partial charge in [0.05, 0.1) is 0 Å². The summed E-state index contributed by atoms with van der Waals surface area (Å²) in [6.07, 6.45) is 1.40. The van der Waals surface area contributed by atoms with Crippen LogP contribution in [0.2, 0.25) is 0 Å². The van der Waals surface area contributed by atoms with Gasteiger partial charge in [0.25, 0.3) is 0 Å². The Bertz CT molecular complexity index is 738. The van der Waals surface area contributed by atoms with Gasteiger partial charge in [-0.05, 0) is 48.7 Å². The van der Waals surface area contributed by atoms with E-state index in [1.54, 1.807) is 19.1 Å². The molecule has 2 aromatic rings. The van der Waals surface area contributed by atoms with Crippen molar-refractivity contribution in [2.75, 3.05) is 18.4 Å². The van der Waals surface area contributed by atoms with E-state index in [4.69, 9.17) is 0 Å². The predicted octanol–water partition coefficient (Wildman–Crippen LogP) is 3.28. The highest BCUT2D eigenvalue weighted by Crippen LogP contribution is 2.19. The number of hydrogen-bond donors (Lipinski definition) is 1. The van der Waals surface area contributed by atoms with Gasteiger partial charge in [0.1, 0.15) is 0 Å². The van der Waals surface area contributed by atoms with E-state index in [9.17, 15) is 9.59 Å². The molecule has 1 N–H and O–H groups in total. The lowest BCUT2D eigenvalue weighted by Gasteiger charge is -2.29. The molecular weight excluding hydrogens is 300 g/mol. The standard InChI is InChI=1S/C20H22N2O2/c1-15(23)16-6-8-19(9-7-16)21-12-10-20(24)22-13-11-17-4-2-3-5-18(17)14-22/h2-9,21H,10-14H2,1H3. The number of benzene rings is 2. The van der Waals surface area contributed by atoms with E-state index in [0.29, 0.717) is 25.1 Å². The van der Waals surface area contributed by atoms with Crippen LogP contribution in [0.15, 0.2) is 48.5 Å². The maximum Gasteiger partial charge on any atom is 0.224 e. The maximum atomic E-state index is 12.4. The Balaban J connectivity index is 1.49. The highest BCUT2D eigenvalue weighted by atomic mass is 16.2. The van der Waals surface area contributed by atoms with E-state index < -0.39 is 0 Å². The highest BCUT2D eigenvalue weighted by Gasteiger charge is 2.19. The minimum Gasteiger partial charge on any atom is -0.385 e. The summed E-state index contributed by atoms with van der Waals surface area (Å²) in [5.74, 6) is 0.236. The normalized spacial score (nSPS) is 13.3. The van der Waals surface area contributed by atoms with Crippen LogP contribution in [0.5, 0.6) is 0 Å². The van der Waals surface area contributed by atoms with Crippen LogP contribution in [0.3, 0.4) is 0 Å². The number of anilines is 1. The molecule has 0 spiro atoms. The molecule has 124 valence electrons. The molecule has 0 saturated carbocycles. The molecule has 0 bridgehead atoms. The first-order valence-electron chi connectivity index (χ1n) is 8.33. The van der Waals surface area contributed by atoms with Crippen LogP contribution >= 0.6 is 0 Å². The van der Waals surface area contributed by atoms with E-state index in [0.717, 1.165) is 18.7 Å². The van der Waals surface area contributed by atoms with Gasteiger partial charge in [0.2, 0.25) is 5.91 Å². The van der Waals surface area contributed by atoms with Gasteiger partial charge >= 0.3 is 0 Å².